The predicted molar refractivity (Wildman–Crippen MR) is 72.2 cm³/mol. The summed E-state index contributed by atoms with van der Waals surface area (Å²) in [6.07, 6.45) is 4.80. The number of hydrogen-bond donors (Lipinski definition) is 2. The quantitative estimate of drug-likeness (QED) is 0.837. The lowest BCUT2D eigenvalue weighted by molar-refractivity contribution is -0.115. The van der Waals surface area contributed by atoms with Crippen molar-refractivity contribution in [1.82, 2.24) is 15.3 Å². The summed E-state index contributed by atoms with van der Waals surface area (Å²) in [6, 6.07) is 2.19. The molecule has 0 aromatic carbocycles. The Bertz CT molecular complexity index is 444. The first kappa shape index (κ1) is 13.7. The minimum absolute atomic E-state index is 0.125. The first-order chi connectivity index (χ1) is 9.17. The molecule has 1 aromatic heterocycles. The lowest BCUT2D eigenvalue weighted by atomic mass is 10.2. The summed E-state index contributed by atoms with van der Waals surface area (Å²) in [4.78, 5) is 20.0. The Morgan fingerprint density at radius 2 is 2.16 bits per heavy atom. The SMILES string of the molecule is COc1cc(C)nc(NC(=O)CNC2CCCC2)n1. The largest absolute Gasteiger partial charge is 0.481 e. The van der Waals surface area contributed by atoms with Gasteiger partial charge in [0.2, 0.25) is 17.7 Å². The maximum atomic E-state index is 11.8. The molecule has 1 fully saturated rings. The van der Waals surface area contributed by atoms with Crippen molar-refractivity contribution < 1.29 is 9.53 Å². The van der Waals surface area contributed by atoms with E-state index in [1.54, 1.807) is 6.07 Å². The topological polar surface area (TPSA) is 76.1 Å². The second-order valence-corrected chi connectivity index (χ2v) is 4.79. The summed E-state index contributed by atoms with van der Waals surface area (Å²) in [7, 11) is 1.54. The summed E-state index contributed by atoms with van der Waals surface area (Å²) in [6.45, 7) is 2.13. The minimum atomic E-state index is -0.125. The van der Waals surface area contributed by atoms with Gasteiger partial charge in [0.15, 0.2) is 0 Å². The molecule has 2 N–H and O–H groups in total. The Morgan fingerprint density at radius 1 is 1.42 bits per heavy atom. The zero-order valence-corrected chi connectivity index (χ0v) is 11.4. The highest BCUT2D eigenvalue weighted by Gasteiger charge is 2.15. The standard InChI is InChI=1S/C13H20N4O2/c1-9-7-12(19-2)17-13(15-9)16-11(18)8-14-10-5-3-4-6-10/h7,10,14H,3-6,8H2,1-2H3,(H,15,16,17,18). The van der Waals surface area contributed by atoms with Crippen LogP contribution in [-0.4, -0.2) is 35.6 Å². The van der Waals surface area contributed by atoms with Crippen LogP contribution in [0, 0.1) is 6.92 Å². The molecule has 1 aliphatic rings. The molecule has 19 heavy (non-hydrogen) atoms. The molecule has 0 bridgehead atoms. The minimum Gasteiger partial charge on any atom is -0.481 e. The van der Waals surface area contributed by atoms with E-state index in [1.807, 2.05) is 6.92 Å². The molecular formula is C13H20N4O2. The molecule has 0 aliphatic heterocycles. The van der Waals surface area contributed by atoms with Gasteiger partial charge < -0.3 is 10.1 Å². The van der Waals surface area contributed by atoms with Crippen LogP contribution >= 0.6 is 0 Å². The number of hydrogen-bond acceptors (Lipinski definition) is 5. The van der Waals surface area contributed by atoms with Gasteiger partial charge in [-0.1, -0.05) is 12.8 Å². The van der Waals surface area contributed by atoms with Crippen LogP contribution < -0.4 is 15.4 Å². The number of anilines is 1. The molecule has 104 valence electrons. The summed E-state index contributed by atoms with van der Waals surface area (Å²) in [5.41, 5.74) is 0.755. The van der Waals surface area contributed by atoms with Gasteiger partial charge in [-0.3, -0.25) is 10.1 Å². The van der Waals surface area contributed by atoms with E-state index >= 15 is 0 Å². The van der Waals surface area contributed by atoms with Crippen LogP contribution in [0.5, 0.6) is 5.88 Å². The molecule has 2 rings (SSSR count). The predicted octanol–water partition coefficient (Wildman–Crippen LogP) is 1.26. The summed E-state index contributed by atoms with van der Waals surface area (Å²) >= 11 is 0. The Morgan fingerprint density at radius 3 is 2.84 bits per heavy atom. The number of methoxy groups -OCH3 is 1. The monoisotopic (exact) mass is 264 g/mol. The van der Waals surface area contributed by atoms with Crippen LogP contribution in [-0.2, 0) is 4.79 Å². The molecule has 1 amide bonds. The summed E-state index contributed by atoms with van der Waals surface area (Å²) < 4.78 is 5.04. The van der Waals surface area contributed by atoms with Crippen molar-refractivity contribution in [1.29, 1.82) is 0 Å². The summed E-state index contributed by atoms with van der Waals surface area (Å²) in [5.74, 6) is 0.612. The van der Waals surface area contributed by atoms with Crippen molar-refractivity contribution in [3.8, 4) is 5.88 Å². The van der Waals surface area contributed by atoms with E-state index in [4.69, 9.17) is 4.74 Å². The van der Waals surface area contributed by atoms with Gasteiger partial charge in [-0.15, -0.1) is 0 Å². The molecular weight excluding hydrogens is 244 g/mol. The van der Waals surface area contributed by atoms with Crippen LogP contribution in [0.3, 0.4) is 0 Å². The number of aryl methyl sites for hydroxylation is 1. The molecule has 1 aromatic rings. The number of carbonyl (C=O) groups is 1. The Hall–Kier alpha value is -1.69. The highest BCUT2D eigenvalue weighted by Crippen LogP contribution is 2.17. The number of carbonyl (C=O) groups excluding carboxylic acids is 1. The Labute approximate surface area is 113 Å². The first-order valence-corrected chi connectivity index (χ1v) is 6.60. The highest BCUT2D eigenvalue weighted by atomic mass is 16.5. The fourth-order valence-electron chi connectivity index (χ4n) is 2.24. The van der Waals surface area contributed by atoms with Gasteiger partial charge in [0.05, 0.1) is 13.7 Å². The molecule has 1 aliphatic carbocycles. The third kappa shape index (κ3) is 4.17. The third-order valence-electron chi connectivity index (χ3n) is 3.20. The first-order valence-electron chi connectivity index (χ1n) is 6.60. The number of aromatic nitrogens is 2. The zero-order chi connectivity index (χ0) is 13.7. The fraction of sp³-hybridized carbons (Fsp3) is 0.615. The second-order valence-electron chi connectivity index (χ2n) is 4.79. The fourth-order valence-corrected chi connectivity index (χ4v) is 2.24. The van der Waals surface area contributed by atoms with Gasteiger partial charge in [0.25, 0.3) is 0 Å². The van der Waals surface area contributed by atoms with Crippen molar-refractivity contribution in [3.05, 3.63) is 11.8 Å². The number of nitrogens with zero attached hydrogens (tertiary/aromatic N) is 2. The molecule has 0 unspecified atom stereocenters. The summed E-state index contributed by atoms with van der Waals surface area (Å²) in [5, 5.41) is 5.92. The number of amides is 1. The normalized spacial score (nSPS) is 15.5. The van der Waals surface area contributed by atoms with Crippen molar-refractivity contribution in [2.24, 2.45) is 0 Å². The zero-order valence-electron chi connectivity index (χ0n) is 11.4. The van der Waals surface area contributed by atoms with Crippen molar-refractivity contribution in [2.75, 3.05) is 19.0 Å². The van der Waals surface area contributed by atoms with Crippen LogP contribution in [0.15, 0.2) is 6.07 Å². The van der Waals surface area contributed by atoms with E-state index in [2.05, 4.69) is 20.6 Å². The number of ether oxygens (including phenoxy) is 1. The van der Waals surface area contributed by atoms with Gasteiger partial charge in [-0.25, -0.2) is 4.98 Å². The Balaban J connectivity index is 1.85. The highest BCUT2D eigenvalue weighted by molar-refractivity contribution is 5.90. The van der Waals surface area contributed by atoms with E-state index < -0.39 is 0 Å². The van der Waals surface area contributed by atoms with E-state index in [9.17, 15) is 4.79 Å². The van der Waals surface area contributed by atoms with E-state index in [0.29, 0.717) is 18.5 Å². The van der Waals surface area contributed by atoms with Gasteiger partial charge in [0, 0.05) is 17.8 Å². The van der Waals surface area contributed by atoms with E-state index in [0.717, 1.165) is 18.5 Å². The molecule has 6 heteroatoms. The average Bonchev–Trinajstić information content (AvgIpc) is 2.88. The Kier molecular flexibility index (Phi) is 4.68. The lowest BCUT2D eigenvalue weighted by Crippen LogP contribution is -2.34. The molecule has 0 spiro atoms. The van der Waals surface area contributed by atoms with Gasteiger partial charge in [-0.05, 0) is 19.8 Å². The van der Waals surface area contributed by atoms with E-state index in [1.165, 1.54) is 20.0 Å². The van der Waals surface area contributed by atoms with Gasteiger partial charge >= 0.3 is 0 Å². The lowest BCUT2D eigenvalue weighted by Gasteiger charge is -2.11. The molecule has 0 radical (unpaired) electrons. The number of rotatable bonds is 5. The third-order valence-corrected chi connectivity index (χ3v) is 3.20. The number of nitrogens with one attached hydrogen (secondary N) is 2. The second kappa shape index (κ2) is 6.47. The molecule has 1 saturated carbocycles. The van der Waals surface area contributed by atoms with Crippen molar-refractivity contribution in [3.63, 3.8) is 0 Å². The molecule has 1 heterocycles. The van der Waals surface area contributed by atoms with Crippen molar-refractivity contribution >= 4 is 11.9 Å². The molecule has 6 nitrogen and oxygen atoms in total. The average molecular weight is 264 g/mol. The maximum absolute atomic E-state index is 11.8. The van der Waals surface area contributed by atoms with E-state index in [-0.39, 0.29) is 11.9 Å². The van der Waals surface area contributed by atoms with Crippen molar-refractivity contribution in [2.45, 2.75) is 38.6 Å². The van der Waals surface area contributed by atoms with Crippen LogP contribution in [0.1, 0.15) is 31.4 Å². The molecule has 0 saturated heterocycles. The maximum Gasteiger partial charge on any atom is 0.240 e. The van der Waals surface area contributed by atoms with Gasteiger partial charge in [-0.2, -0.15) is 4.98 Å². The van der Waals surface area contributed by atoms with Crippen LogP contribution in [0.25, 0.3) is 0 Å². The van der Waals surface area contributed by atoms with Crippen LogP contribution in [0.2, 0.25) is 0 Å². The molecule has 0 atom stereocenters. The van der Waals surface area contributed by atoms with Crippen LogP contribution in [0.4, 0.5) is 5.95 Å². The smallest absolute Gasteiger partial charge is 0.240 e. The van der Waals surface area contributed by atoms with Gasteiger partial charge in [0.1, 0.15) is 0 Å².